The van der Waals surface area contributed by atoms with Gasteiger partial charge in [-0.25, -0.2) is 0 Å². The Bertz CT molecular complexity index is 269. The molecule has 0 spiro atoms. The zero-order chi connectivity index (χ0) is 10.6. The molecule has 0 aliphatic rings. The third-order valence-corrected chi connectivity index (χ3v) is 2.89. The van der Waals surface area contributed by atoms with Crippen molar-refractivity contribution in [2.75, 3.05) is 0 Å². The zero-order valence-electron chi connectivity index (χ0n) is 9.12. The molecule has 2 heteroatoms. The summed E-state index contributed by atoms with van der Waals surface area (Å²) in [5, 5.41) is 10.2. The standard InChI is InChI=1S/C12H18NO/c1-4-10(2)12(3,14)8-11-6-5-7-13-9-11/h6-7,9-10,14H,4,8H2,1-3H3. The number of hydrogen-bond acceptors (Lipinski definition) is 2. The van der Waals surface area contributed by atoms with E-state index in [1.807, 2.05) is 13.0 Å². The number of rotatable bonds is 4. The molecule has 1 radical (unpaired) electrons. The fraction of sp³-hybridized carbons (Fsp3) is 0.583. The SMILES string of the molecule is CCC(C)C(C)(O)Cc1c[c]cnc1. The van der Waals surface area contributed by atoms with Crippen LogP contribution in [0.25, 0.3) is 0 Å². The van der Waals surface area contributed by atoms with Crippen LogP contribution in [0.1, 0.15) is 32.8 Å². The van der Waals surface area contributed by atoms with Gasteiger partial charge in [0.05, 0.1) is 5.60 Å². The lowest BCUT2D eigenvalue weighted by Crippen LogP contribution is -2.34. The predicted molar refractivity (Wildman–Crippen MR) is 56.9 cm³/mol. The average molecular weight is 192 g/mol. The van der Waals surface area contributed by atoms with Crippen molar-refractivity contribution >= 4 is 0 Å². The molecule has 0 saturated heterocycles. The van der Waals surface area contributed by atoms with Gasteiger partial charge in [0, 0.05) is 24.9 Å². The van der Waals surface area contributed by atoms with Gasteiger partial charge >= 0.3 is 0 Å². The fourth-order valence-corrected chi connectivity index (χ4v) is 1.48. The molecule has 1 N–H and O–H groups in total. The van der Waals surface area contributed by atoms with E-state index < -0.39 is 5.60 Å². The van der Waals surface area contributed by atoms with Crippen LogP contribution in [0.5, 0.6) is 0 Å². The van der Waals surface area contributed by atoms with Crippen molar-refractivity contribution < 1.29 is 5.11 Å². The normalized spacial score (nSPS) is 17.4. The van der Waals surface area contributed by atoms with Gasteiger partial charge in [-0.2, -0.15) is 0 Å². The minimum Gasteiger partial charge on any atom is -0.390 e. The molecule has 2 atom stereocenters. The first-order chi connectivity index (χ1) is 6.56. The predicted octanol–water partition coefficient (Wildman–Crippen LogP) is 2.22. The summed E-state index contributed by atoms with van der Waals surface area (Å²) in [4.78, 5) is 3.99. The van der Waals surface area contributed by atoms with E-state index in [-0.39, 0.29) is 0 Å². The molecule has 0 fully saturated rings. The van der Waals surface area contributed by atoms with Gasteiger partial charge in [0.2, 0.25) is 0 Å². The number of aromatic nitrogens is 1. The monoisotopic (exact) mass is 192 g/mol. The van der Waals surface area contributed by atoms with Crippen LogP contribution in [0.2, 0.25) is 0 Å². The summed E-state index contributed by atoms with van der Waals surface area (Å²) in [5.74, 6) is 0.294. The molecule has 0 aliphatic heterocycles. The minimum absolute atomic E-state index is 0.294. The molecule has 77 valence electrons. The first-order valence-electron chi connectivity index (χ1n) is 5.08. The van der Waals surface area contributed by atoms with Crippen LogP contribution >= 0.6 is 0 Å². The van der Waals surface area contributed by atoms with E-state index in [1.165, 1.54) is 0 Å². The van der Waals surface area contributed by atoms with Crippen LogP contribution in [0.4, 0.5) is 0 Å². The first kappa shape index (κ1) is 11.2. The first-order valence-corrected chi connectivity index (χ1v) is 5.08. The fourth-order valence-electron chi connectivity index (χ4n) is 1.48. The van der Waals surface area contributed by atoms with Gasteiger partial charge in [0.25, 0.3) is 0 Å². The molecule has 0 amide bonds. The molecule has 1 aromatic rings. The number of aliphatic hydroxyl groups is 1. The lowest BCUT2D eigenvalue weighted by atomic mass is 9.84. The summed E-state index contributed by atoms with van der Waals surface area (Å²) in [6.45, 7) is 6.04. The van der Waals surface area contributed by atoms with E-state index in [2.05, 4.69) is 24.9 Å². The van der Waals surface area contributed by atoms with Gasteiger partial charge in [-0.3, -0.25) is 4.98 Å². The Kier molecular flexibility index (Phi) is 3.64. The number of hydrogen-bond donors (Lipinski definition) is 1. The van der Waals surface area contributed by atoms with Crippen LogP contribution in [0.3, 0.4) is 0 Å². The molecule has 2 nitrogen and oxygen atoms in total. The van der Waals surface area contributed by atoms with Crippen LogP contribution in [0.15, 0.2) is 18.5 Å². The molecular formula is C12H18NO. The van der Waals surface area contributed by atoms with E-state index >= 15 is 0 Å². The van der Waals surface area contributed by atoms with Crippen molar-refractivity contribution in [1.82, 2.24) is 4.98 Å². The Hall–Kier alpha value is -0.890. The van der Waals surface area contributed by atoms with Gasteiger partial charge in [-0.15, -0.1) is 0 Å². The Balaban J connectivity index is 2.68. The second-order valence-corrected chi connectivity index (χ2v) is 4.14. The third kappa shape index (κ3) is 2.81. The molecule has 0 bridgehead atoms. The molecule has 0 aromatic carbocycles. The summed E-state index contributed by atoms with van der Waals surface area (Å²) in [5.41, 5.74) is 0.392. The highest BCUT2D eigenvalue weighted by Crippen LogP contribution is 2.23. The highest BCUT2D eigenvalue weighted by atomic mass is 16.3. The summed E-state index contributed by atoms with van der Waals surface area (Å²) < 4.78 is 0. The van der Waals surface area contributed by atoms with Crippen molar-refractivity contribution in [3.8, 4) is 0 Å². The number of nitrogens with zero attached hydrogens (tertiary/aromatic N) is 1. The van der Waals surface area contributed by atoms with Crippen LogP contribution < -0.4 is 0 Å². The summed E-state index contributed by atoms with van der Waals surface area (Å²) in [6.07, 6.45) is 5.04. The van der Waals surface area contributed by atoms with Gasteiger partial charge in [0.15, 0.2) is 0 Å². The van der Waals surface area contributed by atoms with Gasteiger partial charge in [-0.1, -0.05) is 20.3 Å². The second-order valence-electron chi connectivity index (χ2n) is 4.14. The van der Waals surface area contributed by atoms with Gasteiger partial charge in [0.1, 0.15) is 0 Å². The zero-order valence-corrected chi connectivity index (χ0v) is 9.12. The van der Waals surface area contributed by atoms with Crippen molar-refractivity contribution in [3.63, 3.8) is 0 Å². The van der Waals surface area contributed by atoms with Gasteiger partial charge < -0.3 is 5.11 Å². The van der Waals surface area contributed by atoms with Crippen LogP contribution in [-0.2, 0) is 6.42 Å². The Morgan fingerprint density at radius 1 is 1.64 bits per heavy atom. The molecular weight excluding hydrogens is 174 g/mol. The molecule has 0 saturated carbocycles. The van der Waals surface area contributed by atoms with E-state index in [0.717, 1.165) is 12.0 Å². The summed E-state index contributed by atoms with van der Waals surface area (Å²) in [7, 11) is 0. The van der Waals surface area contributed by atoms with Crippen molar-refractivity contribution in [2.45, 2.75) is 39.2 Å². The quantitative estimate of drug-likeness (QED) is 0.793. The molecule has 14 heavy (non-hydrogen) atoms. The van der Waals surface area contributed by atoms with Crippen molar-refractivity contribution in [2.24, 2.45) is 5.92 Å². The summed E-state index contributed by atoms with van der Waals surface area (Å²) >= 11 is 0. The summed E-state index contributed by atoms with van der Waals surface area (Å²) in [6, 6.07) is 4.80. The molecule has 1 aromatic heterocycles. The maximum Gasteiger partial charge on any atom is 0.0685 e. The maximum absolute atomic E-state index is 10.2. The molecule has 1 rings (SSSR count). The topological polar surface area (TPSA) is 33.1 Å². The highest BCUT2D eigenvalue weighted by Gasteiger charge is 2.27. The average Bonchev–Trinajstić information content (AvgIpc) is 2.17. The van der Waals surface area contributed by atoms with E-state index in [1.54, 1.807) is 12.4 Å². The lowest BCUT2D eigenvalue weighted by Gasteiger charge is -2.29. The Morgan fingerprint density at radius 3 is 2.86 bits per heavy atom. The van der Waals surface area contributed by atoms with E-state index in [0.29, 0.717) is 12.3 Å². The van der Waals surface area contributed by atoms with Crippen molar-refractivity contribution in [1.29, 1.82) is 0 Å². The van der Waals surface area contributed by atoms with Gasteiger partial charge in [-0.05, 0) is 24.5 Å². The Labute approximate surface area is 86.0 Å². The van der Waals surface area contributed by atoms with Crippen LogP contribution in [-0.4, -0.2) is 15.7 Å². The van der Waals surface area contributed by atoms with Crippen molar-refractivity contribution in [3.05, 3.63) is 30.1 Å². The second kappa shape index (κ2) is 4.56. The number of pyridine rings is 1. The smallest absolute Gasteiger partial charge is 0.0685 e. The lowest BCUT2D eigenvalue weighted by molar-refractivity contribution is 0.00510. The Morgan fingerprint density at radius 2 is 2.36 bits per heavy atom. The van der Waals surface area contributed by atoms with Crippen LogP contribution in [0, 0.1) is 12.0 Å². The van der Waals surface area contributed by atoms with E-state index in [9.17, 15) is 5.11 Å². The molecule has 1 heterocycles. The van der Waals surface area contributed by atoms with E-state index in [4.69, 9.17) is 0 Å². The minimum atomic E-state index is -0.647. The highest BCUT2D eigenvalue weighted by molar-refractivity contribution is 5.10. The molecule has 0 aliphatic carbocycles. The third-order valence-electron chi connectivity index (χ3n) is 2.89. The maximum atomic E-state index is 10.2. The molecule has 2 unspecified atom stereocenters. The largest absolute Gasteiger partial charge is 0.390 e.